The van der Waals surface area contributed by atoms with Gasteiger partial charge in [0.25, 0.3) is 0 Å². The summed E-state index contributed by atoms with van der Waals surface area (Å²) in [4.78, 5) is 26.6. The van der Waals surface area contributed by atoms with Crippen LogP contribution in [0.5, 0.6) is 0 Å². The SMILES string of the molecule is CCC(C)(Cc1ccccc1)C1NC(=O)C(C)CC(C)=CC(C)C(O)C(C)=CC(C)COC1=O. The zero-order valence-corrected chi connectivity index (χ0v) is 21.9. The molecule has 34 heavy (non-hydrogen) atoms. The Morgan fingerprint density at radius 2 is 1.74 bits per heavy atom. The minimum absolute atomic E-state index is 0.0571. The van der Waals surface area contributed by atoms with Crippen molar-refractivity contribution in [2.45, 2.75) is 79.9 Å². The molecule has 0 saturated carbocycles. The second-order valence-corrected chi connectivity index (χ2v) is 10.6. The van der Waals surface area contributed by atoms with Crippen LogP contribution in [0.3, 0.4) is 0 Å². The first-order chi connectivity index (χ1) is 16.0. The van der Waals surface area contributed by atoms with E-state index in [2.05, 4.69) is 5.32 Å². The third-order valence-electron chi connectivity index (χ3n) is 7.10. The minimum Gasteiger partial charge on any atom is -0.464 e. The van der Waals surface area contributed by atoms with Crippen LogP contribution in [-0.2, 0) is 20.7 Å². The summed E-state index contributed by atoms with van der Waals surface area (Å²) in [6.45, 7) is 14.0. The van der Waals surface area contributed by atoms with E-state index >= 15 is 0 Å². The highest BCUT2D eigenvalue weighted by atomic mass is 16.5. The molecule has 0 saturated heterocycles. The summed E-state index contributed by atoms with van der Waals surface area (Å²) >= 11 is 0. The van der Waals surface area contributed by atoms with Gasteiger partial charge < -0.3 is 15.2 Å². The molecule has 6 unspecified atom stereocenters. The number of nitrogens with one attached hydrogen (secondary N) is 1. The Labute approximate surface area is 205 Å². The van der Waals surface area contributed by atoms with E-state index in [4.69, 9.17) is 4.74 Å². The largest absolute Gasteiger partial charge is 0.464 e. The van der Waals surface area contributed by atoms with Crippen LogP contribution in [0.25, 0.3) is 0 Å². The summed E-state index contributed by atoms with van der Waals surface area (Å²) in [5.41, 5.74) is 2.51. The van der Waals surface area contributed by atoms with Crippen molar-refractivity contribution >= 4 is 11.9 Å². The van der Waals surface area contributed by atoms with Crippen LogP contribution in [0.1, 0.15) is 66.9 Å². The molecule has 1 aromatic rings. The van der Waals surface area contributed by atoms with Gasteiger partial charge in [0.2, 0.25) is 5.91 Å². The molecule has 0 fully saturated rings. The normalized spacial score (nSPS) is 29.5. The van der Waals surface area contributed by atoms with E-state index in [1.165, 1.54) is 0 Å². The van der Waals surface area contributed by atoms with Crippen LogP contribution in [0.4, 0.5) is 0 Å². The van der Waals surface area contributed by atoms with Crippen molar-refractivity contribution in [3.8, 4) is 0 Å². The van der Waals surface area contributed by atoms with Gasteiger partial charge in [-0.15, -0.1) is 0 Å². The summed E-state index contributed by atoms with van der Waals surface area (Å²) in [7, 11) is 0. The lowest BCUT2D eigenvalue weighted by molar-refractivity contribution is -0.153. The van der Waals surface area contributed by atoms with Crippen LogP contribution in [0, 0.1) is 23.2 Å². The standard InChI is InChI=1S/C29H43NO4/c1-8-29(7,17-24-12-10-9-11-13-24)26-28(33)34-18-20(3)16-22(5)25(31)21(4)14-19(2)15-23(6)27(32)30-26/h9-14,16,20-21,23,25-26,31H,8,15,17-18H2,1-7H3,(H,30,32). The maximum absolute atomic E-state index is 13.4. The van der Waals surface area contributed by atoms with Crippen molar-refractivity contribution in [1.82, 2.24) is 5.32 Å². The zero-order chi connectivity index (χ0) is 25.5. The molecule has 1 aromatic carbocycles. The number of carbonyl (C=O) groups excluding carboxylic acids is 2. The lowest BCUT2D eigenvalue weighted by atomic mass is 9.74. The second kappa shape index (κ2) is 12.3. The molecule has 5 heteroatoms. The van der Waals surface area contributed by atoms with E-state index in [9.17, 15) is 14.7 Å². The number of amides is 1. The number of benzene rings is 1. The maximum Gasteiger partial charge on any atom is 0.329 e. The Bertz CT molecular complexity index is 891. The summed E-state index contributed by atoms with van der Waals surface area (Å²) in [5.74, 6) is -1.01. The molecular weight excluding hydrogens is 426 g/mol. The fourth-order valence-corrected chi connectivity index (χ4v) is 4.79. The molecular formula is C29H43NO4. The molecule has 2 rings (SSSR count). The van der Waals surface area contributed by atoms with Gasteiger partial charge in [0.1, 0.15) is 6.04 Å². The number of hydrogen-bond acceptors (Lipinski definition) is 4. The molecule has 1 heterocycles. The molecule has 0 bridgehead atoms. The van der Waals surface area contributed by atoms with E-state index in [0.717, 1.165) is 16.7 Å². The van der Waals surface area contributed by atoms with Gasteiger partial charge >= 0.3 is 5.97 Å². The molecule has 188 valence electrons. The van der Waals surface area contributed by atoms with Crippen LogP contribution >= 0.6 is 0 Å². The van der Waals surface area contributed by atoms with Crippen LogP contribution in [0.15, 0.2) is 53.6 Å². The summed E-state index contributed by atoms with van der Waals surface area (Å²) in [6, 6.07) is 9.28. The van der Waals surface area contributed by atoms with E-state index in [1.54, 1.807) is 0 Å². The molecule has 2 N–H and O–H groups in total. The number of hydrogen-bond donors (Lipinski definition) is 2. The van der Waals surface area contributed by atoms with Crippen molar-refractivity contribution in [1.29, 1.82) is 0 Å². The summed E-state index contributed by atoms with van der Waals surface area (Å²) in [5, 5.41) is 13.8. The second-order valence-electron chi connectivity index (χ2n) is 10.6. The molecule has 0 aliphatic carbocycles. The molecule has 6 atom stereocenters. The number of esters is 1. The van der Waals surface area contributed by atoms with E-state index < -0.39 is 23.5 Å². The summed E-state index contributed by atoms with van der Waals surface area (Å²) < 4.78 is 5.75. The van der Waals surface area contributed by atoms with Gasteiger partial charge in [-0.25, -0.2) is 4.79 Å². The first kappa shape index (κ1) is 27.8. The number of rotatable bonds is 4. The molecule has 1 aliphatic heterocycles. The van der Waals surface area contributed by atoms with Crippen molar-refractivity contribution in [3.63, 3.8) is 0 Å². The first-order valence-corrected chi connectivity index (χ1v) is 12.5. The lowest BCUT2D eigenvalue weighted by Gasteiger charge is -2.37. The quantitative estimate of drug-likeness (QED) is 0.467. The molecule has 1 amide bonds. The Morgan fingerprint density at radius 3 is 2.35 bits per heavy atom. The van der Waals surface area contributed by atoms with Gasteiger partial charge in [0.05, 0.1) is 12.7 Å². The van der Waals surface area contributed by atoms with Gasteiger partial charge in [0, 0.05) is 23.2 Å². The molecule has 0 aromatic heterocycles. The van der Waals surface area contributed by atoms with Crippen LogP contribution in [0.2, 0.25) is 0 Å². The molecule has 0 spiro atoms. The average molecular weight is 470 g/mol. The van der Waals surface area contributed by atoms with Crippen molar-refractivity contribution in [2.24, 2.45) is 23.2 Å². The number of aliphatic hydroxyl groups excluding tert-OH is 1. The highest BCUT2D eigenvalue weighted by Gasteiger charge is 2.41. The minimum atomic E-state index is -0.760. The lowest BCUT2D eigenvalue weighted by Crippen LogP contribution is -2.54. The number of aliphatic hydroxyl groups is 1. The van der Waals surface area contributed by atoms with E-state index in [0.29, 0.717) is 19.3 Å². The van der Waals surface area contributed by atoms with E-state index in [-0.39, 0.29) is 30.3 Å². The molecule has 0 radical (unpaired) electrons. The third-order valence-corrected chi connectivity index (χ3v) is 7.10. The molecule has 5 nitrogen and oxygen atoms in total. The van der Waals surface area contributed by atoms with E-state index in [1.807, 2.05) is 91.0 Å². The smallest absolute Gasteiger partial charge is 0.329 e. The van der Waals surface area contributed by atoms with Crippen molar-refractivity contribution < 1.29 is 19.4 Å². The van der Waals surface area contributed by atoms with Gasteiger partial charge in [-0.2, -0.15) is 0 Å². The number of cyclic esters (lactones) is 1. The van der Waals surface area contributed by atoms with Gasteiger partial charge in [-0.3, -0.25) is 4.79 Å². The van der Waals surface area contributed by atoms with Crippen LogP contribution < -0.4 is 5.32 Å². The fourth-order valence-electron chi connectivity index (χ4n) is 4.79. The van der Waals surface area contributed by atoms with Crippen molar-refractivity contribution in [2.75, 3.05) is 6.61 Å². The third kappa shape index (κ3) is 7.56. The van der Waals surface area contributed by atoms with Crippen LogP contribution in [-0.4, -0.2) is 35.7 Å². The summed E-state index contributed by atoms with van der Waals surface area (Å²) in [6.07, 6.45) is 5.30. The maximum atomic E-state index is 13.4. The predicted molar refractivity (Wildman–Crippen MR) is 137 cm³/mol. The monoisotopic (exact) mass is 469 g/mol. The van der Waals surface area contributed by atoms with Gasteiger partial charge in [0.15, 0.2) is 0 Å². The molecule has 1 aliphatic rings. The highest BCUT2D eigenvalue weighted by Crippen LogP contribution is 2.32. The zero-order valence-electron chi connectivity index (χ0n) is 21.9. The topological polar surface area (TPSA) is 75.6 Å². The van der Waals surface area contributed by atoms with Crippen molar-refractivity contribution in [3.05, 3.63) is 59.2 Å². The van der Waals surface area contributed by atoms with Gasteiger partial charge in [-0.05, 0) is 44.2 Å². The average Bonchev–Trinajstić information content (AvgIpc) is 2.80. The number of carbonyl (C=O) groups is 2. The Kier molecular flexibility index (Phi) is 10.1. The Morgan fingerprint density at radius 1 is 1.09 bits per heavy atom. The highest BCUT2D eigenvalue weighted by molar-refractivity contribution is 5.86. The Balaban J connectivity index is 2.41. The first-order valence-electron chi connectivity index (χ1n) is 12.5. The van der Waals surface area contributed by atoms with Gasteiger partial charge in [-0.1, -0.05) is 82.7 Å². The number of ether oxygens (including phenoxy) is 1. The Hall–Kier alpha value is -2.40. The fraction of sp³-hybridized carbons (Fsp3) is 0.586. The number of allylic oxidation sites excluding steroid dienone is 1. The predicted octanol–water partition coefficient (Wildman–Crippen LogP) is 5.24.